The Bertz CT molecular complexity index is 666. The van der Waals surface area contributed by atoms with Gasteiger partial charge in [-0.3, -0.25) is 15.5 Å². The maximum Gasteiger partial charge on any atom is 0.260 e. The van der Waals surface area contributed by atoms with Crippen molar-refractivity contribution in [1.29, 1.82) is 5.41 Å². The highest BCUT2D eigenvalue weighted by atomic mass is 35.5. The second kappa shape index (κ2) is 9.01. The van der Waals surface area contributed by atoms with Crippen molar-refractivity contribution in [3.05, 3.63) is 22.7 Å². The number of sulfonamides is 1. The van der Waals surface area contributed by atoms with Crippen LogP contribution in [0.4, 0.5) is 5.69 Å². The van der Waals surface area contributed by atoms with Gasteiger partial charge in [0.25, 0.3) is 5.91 Å². The number of hydrogen-bond donors (Lipinski definition) is 5. The number of benzene rings is 1. The summed E-state index contributed by atoms with van der Waals surface area (Å²) in [5, 5.41) is 16.9. The topological polar surface area (TPSA) is 151 Å². The number of carbonyl (C=O) groups is 1. The van der Waals surface area contributed by atoms with Crippen LogP contribution in [0.25, 0.3) is 0 Å². The molecule has 0 radical (unpaired) electrons. The van der Waals surface area contributed by atoms with Crippen molar-refractivity contribution in [1.82, 2.24) is 5.32 Å². The number of carbonyl (C=O) groups excluding carboxylic acids is 1. The van der Waals surface area contributed by atoms with Crippen LogP contribution >= 0.6 is 36.4 Å². The Morgan fingerprint density at radius 2 is 1.91 bits per heavy atom. The molecule has 1 aromatic carbocycles. The van der Waals surface area contributed by atoms with Crippen LogP contribution in [0.1, 0.15) is 17.3 Å². The largest absolute Gasteiger partial charge is 0.385 e. The molecule has 1 amide bonds. The molecule has 8 nitrogen and oxygen atoms in total. The van der Waals surface area contributed by atoms with Crippen LogP contribution in [0.5, 0.6) is 0 Å². The monoisotopic (exact) mass is 391 g/mol. The van der Waals surface area contributed by atoms with Crippen LogP contribution in [-0.2, 0) is 10.0 Å². The van der Waals surface area contributed by atoms with Gasteiger partial charge in [-0.25, -0.2) is 13.6 Å². The average Bonchev–Trinajstić information content (AvgIpc) is 2.26. The van der Waals surface area contributed by atoms with Crippen LogP contribution in [0, 0.1) is 5.41 Å². The Kier molecular flexibility index (Phi) is 9.42. The molecule has 22 heavy (non-hydrogen) atoms. The molecule has 0 aliphatic heterocycles. The maximum atomic E-state index is 11.9. The smallest absolute Gasteiger partial charge is 0.260 e. The molecule has 0 saturated heterocycles. The lowest BCUT2D eigenvalue weighted by Gasteiger charge is -2.13. The maximum absolute atomic E-state index is 11.9. The minimum atomic E-state index is -4.07. The standard InChI is InChI=1S/C10H14ClN5O3S.2ClH/c1-2-15-7-4-6(11)8(20(14,18)19)3-5(7)9(17)16-10(12)13;;/h3-4,15H,2H2,1H3,(H2,14,18,19)(H4,12,13,16,17);2*1H. The zero-order chi connectivity index (χ0) is 15.5. The molecule has 0 unspecified atom stereocenters. The first-order valence-corrected chi connectivity index (χ1v) is 7.34. The molecule has 0 spiro atoms. The Hall–Kier alpha value is -1.26. The van der Waals surface area contributed by atoms with E-state index in [1.54, 1.807) is 6.92 Å². The van der Waals surface area contributed by atoms with Crippen molar-refractivity contribution in [2.75, 3.05) is 11.9 Å². The lowest BCUT2D eigenvalue weighted by Crippen LogP contribution is -2.36. The van der Waals surface area contributed by atoms with Crippen molar-refractivity contribution in [2.24, 2.45) is 10.9 Å². The SMILES string of the molecule is CCNc1cc(Cl)c(S(N)(=O)=O)cc1C(=O)NC(=N)N.Cl.Cl. The lowest BCUT2D eigenvalue weighted by molar-refractivity contribution is 0.0977. The summed E-state index contributed by atoms with van der Waals surface area (Å²) in [5.74, 6) is -1.31. The van der Waals surface area contributed by atoms with Gasteiger partial charge in [0.1, 0.15) is 4.90 Å². The van der Waals surface area contributed by atoms with E-state index in [0.717, 1.165) is 6.07 Å². The fourth-order valence-electron chi connectivity index (χ4n) is 1.49. The van der Waals surface area contributed by atoms with E-state index in [4.69, 9.17) is 27.9 Å². The third-order valence-corrected chi connectivity index (χ3v) is 3.61. The Balaban J connectivity index is 0. The van der Waals surface area contributed by atoms with Crippen molar-refractivity contribution >= 4 is 64.0 Å². The van der Waals surface area contributed by atoms with E-state index in [1.165, 1.54) is 6.07 Å². The molecular weight excluding hydrogens is 377 g/mol. The van der Waals surface area contributed by atoms with Gasteiger partial charge >= 0.3 is 0 Å². The normalized spacial score (nSPS) is 9.95. The third kappa shape index (κ3) is 5.85. The molecule has 0 aliphatic rings. The summed E-state index contributed by atoms with van der Waals surface area (Å²) in [6.07, 6.45) is 0. The van der Waals surface area contributed by atoms with Crippen molar-refractivity contribution in [3.8, 4) is 0 Å². The summed E-state index contributed by atoms with van der Waals surface area (Å²) in [4.78, 5) is 11.5. The molecule has 0 heterocycles. The summed E-state index contributed by atoms with van der Waals surface area (Å²) in [6, 6.07) is 2.31. The van der Waals surface area contributed by atoms with Gasteiger partial charge in [-0.1, -0.05) is 11.6 Å². The minimum absolute atomic E-state index is 0. The number of nitrogens with two attached hydrogens (primary N) is 2. The molecule has 1 rings (SSSR count). The van der Waals surface area contributed by atoms with Gasteiger partial charge in [-0.15, -0.1) is 24.8 Å². The van der Waals surface area contributed by atoms with Crippen LogP contribution in [0.15, 0.2) is 17.0 Å². The number of hydrogen-bond acceptors (Lipinski definition) is 5. The number of guanidine groups is 1. The van der Waals surface area contributed by atoms with Gasteiger partial charge < -0.3 is 11.1 Å². The van der Waals surface area contributed by atoms with E-state index >= 15 is 0 Å². The molecule has 0 aromatic heterocycles. The van der Waals surface area contributed by atoms with E-state index < -0.39 is 21.9 Å². The van der Waals surface area contributed by atoms with E-state index in [-0.39, 0.29) is 40.3 Å². The Morgan fingerprint density at radius 3 is 2.32 bits per heavy atom. The van der Waals surface area contributed by atoms with Crippen molar-refractivity contribution in [3.63, 3.8) is 0 Å². The highest BCUT2D eigenvalue weighted by molar-refractivity contribution is 7.89. The summed E-state index contributed by atoms with van der Waals surface area (Å²) < 4.78 is 22.8. The number of rotatable bonds is 4. The first kappa shape index (κ1) is 23.0. The fourth-order valence-corrected chi connectivity index (χ4v) is 2.58. The van der Waals surface area contributed by atoms with E-state index in [9.17, 15) is 13.2 Å². The highest BCUT2D eigenvalue weighted by Gasteiger charge is 2.20. The molecule has 126 valence electrons. The number of halogens is 3. The van der Waals surface area contributed by atoms with Gasteiger partial charge in [0.15, 0.2) is 5.96 Å². The molecule has 0 bridgehead atoms. The predicted octanol–water partition coefficient (Wildman–Crippen LogP) is 0.886. The second-order valence-corrected chi connectivity index (χ2v) is 5.71. The minimum Gasteiger partial charge on any atom is -0.385 e. The fraction of sp³-hybridized carbons (Fsp3) is 0.200. The third-order valence-electron chi connectivity index (χ3n) is 2.24. The summed E-state index contributed by atoms with van der Waals surface area (Å²) in [5.41, 5.74) is 5.35. The number of primary sulfonamides is 1. The molecule has 7 N–H and O–H groups in total. The van der Waals surface area contributed by atoms with Gasteiger partial charge in [0.2, 0.25) is 10.0 Å². The lowest BCUT2D eigenvalue weighted by atomic mass is 10.1. The zero-order valence-electron chi connectivity index (χ0n) is 11.3. The number of amides is 1. The van der Waals surface area contributed by atoms with Crippen LogP contribution in [0.2, 0.25) is 5.02 Å². The first-order valence-electron chi connectivity index (χ1n) is 5.42. The quantitative estimate of drug-likeness (QED) is 0.380. The molecule has 1 aromatic rings. The number of anilines is 1. The van der Waals surface area contributed by atoms with Gasteiger partial charge in [-0.05, 0) is 19.1 Å². The molecule has 12 heteroatoms. The van der Waals surface area contributed by atoms with Gasteiger partial charge in [0, 0.05) is 12.2 Å². The highest BCUT2D eigenvalue weighted by Crippen LogP contribution is 2.28. The Labute approximate surface area is 145 Å². The van der Waals surface area contributed by atoms with Gasteiger partial charge in [-0.2, -0.15) is 0 Å². The summed E-state index contributed by atoms with van der Waals surface area (Å²) in [7, 11) is -4.07. The molecule has 0 aliphatic carbocycles. The molecule has 0 atom stereocenters. The molecular formula is C10H16Cl3N5O3S. The predicted molar refractivity (Wildman–Crippen MR) is 90.9 cm³/mol. The first-order chi connectivity index (χ1) is 9.16. The van der Waals surface area contributed by atoms with Crippen LogP contribution in [0.3, 0.4) is 0 Å². The van der Waals surface area contributed by atoms with Crippen LogP contribution in [-0.4, -0.2) is 26.8 Å². The summed E-state index contributed by atoms with van der Waals surface area (Å²) >= 11 is 5.83. The summed E-state index contributed by atoms with van der Waals surface area (Å²) in [6.45, 7) is 2.26. The molecule has 0 saturated carbocycles. The van der Waals surface area contributed by atoms with E-state index in [2.05, 4.69) is 10.6 Å². The zero-order valence-corrected chi connectivity index (χ0v) is 14.5. The number of nitrogens with one attached hydrogen (secondary N) is 3. The van der Waals surface area contributed by atoms with E-state index in [1.807, 2.05) is 0 Å². The van der Waals surface area contributed by atoms with Crippen LogP contribution < -0.4 is 21.5 Å². The second-order valence-electron chi connectivity index (χ2n) is 3.77. The average molecular weight is 393 g/mol. The van der Waals surface area contributed by atoms with E-state index in [0.29, 0.717) is 12.2 Å². The van der Waals surface area contributed by atoms with Crippen molar-refractivity contribution < 1.29 is 13.2 Å². The van der Waals surface area contributed by atoms with Gasteiger partial charge in [0.05, 0.1) is 10.6 Å². The Morgan fingerprint density at radius 1 is 1.36 bits per heavy atom. The van der Waals surface area contributed by atoms with Crippen molar-refractivity contribution in [2.45, 2.75) is 11.8 Å². The molecule has 0 fully saturated rings.